The summed E-state index contributed by atoms with van der Waals surface area (Å²) < 4.78 is 17.4. The molecule has 4 heteroatoms. The zero-order chi connectivity index (χ0) is 15.5. The van der Waals surface area contributed by atoms with E-state index in [-0.39, 0.29) is 0 Å². The van der Waals surface area contributed by atoms with E-state index in [1.165, 1.54) is 31.7 Å². The molecule has 0 aromatic heterocycles. The third-order valence-corrected chi connectivity index (χ3v) is 11.4. The highest BCUT2D eigenvalue weighted by molar-refractivity contribution is 6.76. The lowest BCUT2D eigenvalue weighted by Crippen LogP contribution is -2.46. The number of methoxy groups -OCH3 is 1. The van der Waals surface area contributed by atoms with Gasteiger partial charge in [0.2, 0.25) is 0 Å². The lowest BCUT2D eigenvalue weighted by atomic mass is 9.87. The van der Waals surface area contributed by atoms with Crippen LogP contribution in [-0.2, 0) is 13.9 Å². The van der Waals surface area contributed by atoms with E-state index in [1.54, 1.807) is 7.11 Å². The Bertz CT molecular complexity index is 311. The lowest BCUT2D eigenvalue weighted by molar-refractivity contribution is 0.137. The van der Waals surface area contributed by atoms with Crippen molar-refractivity contribution in [3.63, 3.8) is 0 Å². The predicted octanol–water partition coefficient (Wildman–Crippen LogP) is 4.37. The first-order valence-corrected chi connectivity index (χ1v) is 11.0. The van der Waals surface area contributed by atoms with Crippen LogP contribution >= 0.6 is 0 Å². The minimum atomic E-state index is -1.70. The molecule has 0 bridgehead atoms. The summed E-state index contributed by atoms with van der Waals surface area (Å²) in [7, 11) is 0.0547. The second-order valence-corrected chi connectivity index (χ2v) is 12.5. The molecular weight excluding hydrogens is 280 g/mol. The first-order valence-electron chi connectivity index (χ1n) is 8.78. The monoisotopic (exact) mass is 314 g/mol. The zero-order valence-corrected chi connectivity index (χ0v) is 15.6. The summed E-state index contributed by atoms with van der Waals surface area (Å²) in [5, 5.41) is 0. The molecule has 3 nitrogen and oxygen atoms in total. The van der Waals surface area contributed by atoms with Crippen LogP contribution in [0.1, 0.15) is 53.4 Å². The maximum absolute atomic E-state index is 6.50. The van der Waals surface area contributed by atoms with Crippen molar-refractivity contribution in [2.75, 3.05) is 20.3 Å². The predicted molar refractivity (Wildman–Crippen MR) is 89.2 cm³/mol. The highest BCUT2D eigenvalue weighted by Crippen LogP contribution is 2.44. The van der Waals surface area contributed by atoms with Crippen molar-refractivity contribution in [1.82, 2.24) is 0 Å². The summed E-state index contributed by atoms with van der Waals surface area (Å²) in [6.07, 6.45) is 6.51. The molecule has 2 rings (SSSR count). The zero-order valence-electron chi connectivity index (χ0n) is 14.6. The standard InChI is InChI=1S/C17H34O3Si/c1-13(2)21(14(3)4,19-10-9-18-5)11-8-15-6-7-16-17(12-15)20-16/h13-17H,6-12H2,1-5H3. The SMILES string of the molecule is COCCO[Si](CCC1CCC2OC2C1)(C(C)C)C(C)C. The normalized spacial score (nSPS) is 29.0. The van der Waals surface area contributed by atoms with E-state index in [0.29, 0.717) is 23.3 Å². The summed E-state index contributed by atoms with van der Waals surface area (Å²) in [5.74, 6) is 0.865. The Morgan fingerprint density at radius 1 is 1.05 bits per heavy atom. The van der Waals surface area contributed by atoms with Gasteiger partial charge in [-0.25, -0.2) is 0 Å². The van der Waals surface area contributed by atoms with E-state index in [4.69, 9.17) is 13.9 Å². The van der Waals surface area contributed by atoms with Crippen molar-refractivity contribution in [3.05, 3.63) is 0 Å². The molecular formula is C17H34O3Si. The fourth-order valence-corrected chi connectivity index (χ4v) is 8.77. The average molecular weight is 315 g/mol. The van der Waals surface area contributed by atoms with Crippen molar-refractivity contribution in [1.29, 1.82) is 0 Å². The van der Waals surface area contributed by atoms with Crippen molar-refractivity contribution < 1.29 is 13.9 Å². The number of epoxide rings is 1. The largest absolute Gasteiger partial charge is 0.414 e. The molecule has 1 saturated carbocycles. The third-order valence-electron chi connectivity index (χ3n) is 5.67. The number of hydrogen-bond donors (Lipinski definition) is 0. The van der Waals surface area contributed by atoms with Gasteiger partial charge in [0.05, 0.1) is 25.4 Å². The first-order chi connectivity index (χ1) is 9.99. The number of rotatable bonds is 9. The Morgan fingerprint density at radius 3 is 2.33 bits per heavy atom. The van der Waals surface area contributed by atoms with Gasteiger partial charge in [0.1, 0.15) is 0 Å². The van der Waals surface area contributed by atoms with Crippen LogP contribution in [0, 0.1) is 5.92 Å². The molecule has 0 spiro atoms. The van der Waals surface area contributed by atoms with Crippen molar-refractivity contribution in [3.8, 4) is 0 Å². The molecule has 3 atom stereocenters. The van der Waals surface area contributed by atoms with Crippen LogP contribution in [0.5, 0.6) is 0 Å². The number of fused-ring (bicyclic) bond motifs is 1. The molecule has 1 aliphatic carbocycles. The molecule has 0 N–H and O–H groups in total. The lowest BCUT2D eigenvalue weighted by Gasteiger charge is -2.40. The van der Waals surface area contributed by atoms with Crippen LogP contribution in [0.25, 0.3) is 0 Å². The molecule has 124 valence electrons. The molecule has 0 aromatic carbocycles. The average Bonchev–Trinajstić information content (AvgIpc) is 3.20. The highest BCUT2D eigenvalue weighted by atomic mass is 28.4. The van der Waals surface area contributed by atoms with Crippen molar-refractivity contribution >= 4 is 8.32 Å². The van der Waals surface area contributed by atoms with E-state index in [1.807, 2.05) is 0 Å². The molecule has 21 heavy (non-hydrogen) atoms. The fraction of sp³-hybridized carbons (Fsp3) is 1.00. The van der Waals surface area contributed by atoms with Crippen LogP contribution in [0.2, 0.25) is 17.1 Å². The van der Waals surface area contributed by atoms with Crippen LogP contribution in [0.3, 0.4) is 0 Å². The van der Waals surface area contributed by atoms with Gasteiger partial charge < -0.3 is 13.9 Å². The van der Waals surface area contributed by atoms with E-state index in [2.05, 4.69) is 27.7 Å². The van der Waals surface area contributed by atoms with E-state index >= 15 is 0 Å². The van der Waals surface area contributed by atoms with Gasteiger partial charge in [-0.3, -0.25) is 0 Å². The fourth-order valence-electron chi connectivity index (χ4n) is 4.14. The van der Waals surface area contributed by atoms with Gasteiger partial charge in [-0.15, -0.1) is 0 Å². The van der Waals surface area contributed by atoms with Gasteiger partial charge in [-0.2, -0.15) is 0 Å². The summed E-state index contributed by atoms with van der Waals surface area (Å²) in [5.41, 5.74) is 1.34. The Kier molecular flexibility index (Phi) is 6.30. The van der Waals surface area contributed by atoms with Gasteiger partial charge in [0.15, 0.2) is 8.32 Å². The number of hydrogen-bond acceptors (Lipinski definition) is 3. The smallest absolute Gasteiger partial charge is 0.197 e. The number of ether oxygens (including phenoxy) is 2. The molecule has 1 aliphatic heterocycles. The van der Waals surface area contributed by atoms with Gasteiger partial charge in [0.25, 0.3) is 0 Å². The highest BCUT2D eigenvalue weighted by Gasteiger charge is 2.46. The molecule has 1 heterocycles. The summed E-state index contributed by atoms with van der Waals surface area (Å²) in [6, 6.07) is 1.30. The molecule has 1 saturated heterocycles. The topological polar surface area (TPSA) is 31.0 Å². The third kappa shape index (κ3) is 4.31. The summed E-state index contributed by atoms with van der Waals surface area (Å²) >= 11 is 0. The van der Waals surface area contributed by atoms with Gasteiger partial charge in [-0.05, 0) is 42.3 Å². The van der Waals surface area contributed by atoms with Crippen molar-refractivity contribution in [2.45, 2.75) is 82.7 Å². The molecule has 0 aromatic rings. The van der Waals surface area contributed by atoms with E-state index in [0.717, 1.165) is 19.1 Å². The van der Waals surface area contributed by atoms with E-state index < -0.39 is 8.32 Å². The Hall–Kier alpha value is 0.0969. The van der Waals surface area contributed by atoms with Crippen LogP contribution in [0.4, 0.5) is 0 Å². The maximum Gasteiger partial charge on any atom is 0.197 e. The van der Waals surface area contributed by atoms with Gasteiger partial charge in [-0.1, -0.05) is 34.1 Å². The van der Waals surface area contributed by atoms with Crippen LogP contribution in [-0.4, -0.2) is 40.8 Å². The first kappa shape index (κ1) is 17.5. The van der Waals surface area contributed by atoms with Gasteiger partial charge in [0, 0.05) is 7.11 Å². The second-order valence-electron chi connectivity index (χ2n) is 7.54. The summed E-state index contributed by atoms with van der Waals surface area (Å²) in [4.78, 5) is 0. The Morgan fingerprint density at radius 2 is 1.76 bits per heavy atom. The summed E-state index contributed by atoms with van der Waals surface area (Å²) in [6.45, 7) is 10.9. The van der Waals surface area contributed by atoms with Crippen LogP contribution in [0.15, 0.2) is 0 Å². The molecule has 0 radical (unpaired) electrons. The minimum absolute atomic E-state index is 0.604. The van der Waals surface area contributed by atoms with Crippen molar-refractivity contribution in [2.24, 2.45) is 5.92 Å². The Balaban J connectivity index is 1.89. The molecule has 2 aliphatic rings. The van der Waals surface area contributed by atoms with E-state index in [9.17, 15) is 0 Å². The van der Waals surface area contributed by atoms with Gasteiger partial charge >= 0.3 is 0 Å². The molecule has 0 amide bonds. The molecule has 2 fully saturated rings. The molecule has 3 unspecified atom stereocenters. The quantitative estimate of drug-likeness (QED) is 0.360. The Labute approximate surface area is 131 Å². The minimum Gasteiger partial charge on any atom is -0.414 e. The maximum atomic E-state index is 6.50. The second kappa shape index (κ2) is 7.58. The van der Waals surface area contributed by atoms with Crippen LogP contribution < -0.4 is 0 Å².